The van der Waals surface area contributed by atoms with E-state index >= 15 is 0 Å². The third-order valence-electron chi connectivity index (χ3n) is 5.11. The molecule has 0 aliphatic carbocycles. The molecule has 196 valence electrons. The van der Waals surface area contributed by atoms with Gasteiger partial charge in [-0.15, -0.1) is 15.7 Å². The predicted octanol–water partition coefficient (Wildman–Crippen LogP) is 5.50. The Hall–Kier alpha value is -3.88. The molecule has 0 bridgehead atoms. The van der Waals surface area contributed by atoms with Crippen molar-refractivity contribution < 1.29 is 28.1 Å². The average Bonchev–Trinajstić information content (AvgIpc) is 3.55. The maximum atomic E-state index is 15.0. The number of methoxy groups -OCH3 is 2. The second-order valence-corrected chi connectivity index (χ2v) is 9.78. The van der Waals surface area contributed by atoms with Crippen LogP contribution in [0.5, 0.6) is 16.8 Å². The largest absolute Gasteiger partial charge is 0.487 e. The highest BCUT2D eigenvalue weighted by atomic mass is 35.5. The zero-order chi connectivity index (χ0) is 26.8. The fourth-order valence-electron chi connectivity index (χ4n) is 3.47. The van der Waals surface area contributed by atoms with E-state index in [1.54, 1.807) is 0 Å². The van der Waals surface area contributed by atoms with Crippen LogP contribution in [0.25, 0.3) is 31.8 Å². The summed E-state index contributed by atoms with van der Waals surface area (Å²) in [6.45, 7) is 1.65. The highest BCUT2D eigenvalue weighted by molar-refractivity contribution is 7.21. The minimum Gasteiger partial charge on any atom is -0.487 e. The minimum absolute atomic E-state index is 0.0496. The minimum atomic E-state index is -0.791. The van der Waals surface area contributed by atoms with Crippen molar-refractivity contribution >= 4 is 67.8 Å². The number of nitrogens with zero attached hydrogens (tertiary/aromatic N) is 5. The van der Waals surface area contributed by atoms with E-state index in [2.05, 4.69) is 29.6 Å². The fraction of sp³-hybridized carbons (Fsp3) is 0.217. The summed E-state index contributed by atoms with van der Waals surface area (Å²) in [6.07, 6.45) is 0.737. The molecule has 15 heteroatoms. The zero-order valence-corrected chi connectivity index (χ0v) is 22.5. The van der Waals surface area contributed by atoms with E-state index in [0.29, 0.717) is 37.3 Å². The van der Waals surface area contributed by atoms with Crippen molar-refractivity contribution in [1.29, 1.82) is 0 Å². The summed E-state index contributed by atoms with van der Waals surface area (Å²) < 4.78 is 40.1. The van der Waals surface area contributed by atoms with Gasteiger partial charge in [0.2, 0.25) is 11.8 Å². The Bertz CT molecular complexity index is 1660. The Balaban J connectivity index is 1.32. The SMILES string of the molecule is COc1cnc2c(-c3nc4c(Cl)c(F)c(OCCOC(=O)Nc5nsc(OC)n5)cc4s3)cc(C)cc2n1. The molecule has 1 amide bonds. The second-order valence-electron chi connectivity index (χ2n) is 7.66. The highest BCUT2D eigenvalue weighted by Gasteiger charge is 2.20. The van der Waals surface area contributed by atoms with E-state index in [1.165, 1.54) is 37.8 Å². The van der Waals surface area contributed by atoms with Crippen LogP contribution in [-0.2, 0) is 4.74 Å². The quantitative estimate of drug-likeness (QED) is 0.236. The molecule has 0 unspecified atom stereocenters. The molecule has 1 N–H and O–H groups in total. The monoisotopic (exact) mass is 576 g/mol. The van der Waals surface area contributed by atoms with Gasteiger partial charge in [-0.05, 0) is 24.6 Å². The number of halogens is 2. The van der Waals surface area contributed by atoms with Crippen molar-refractivity contribution in [3.8, 4) is 27.4 Å². The summed E-state index contributed by atoms with van der Waals surface area (Å²) in [5.74, 6) is -0.413. The van der Waals surface area contributed by atoms with Crippen molar-refractivity contribution in [2.45, 2.75) is 6.92 Å². The first-order valence-electron chi connectivity index (χ1n) is 10.9. The molecule has 0 aliphatic rings. The number of amides is 1. The normalized spacial score (nSPS) is 11.1. The zero-order valence-electron chi connectivity index (χ0n) is 20.1. The Labute approximate surface area is 227 Å². The molecule has 0 fully saturated rings. The molecule has 0 saturated carbocycles. The first-order valence-corrected chi connectivity index (χ1v) is 12.9. The van der Waals surface area contributed by atoms with Gasteiger partial charge in [-0.1, -0.05) is 11.6 Å². The molecule has 2 aromatic carbocycles. The number of carbonyl (C=O) groups excluding carboxylic acids is 1. The van der Waals surface area contributed by atoms with Crippen LogP contribution in [0.2, 0.25) is 5.02 Å². The standard InChI is InChI=1S/C23H18ClFN6O5S2/c1-10-6-11(18-12(7-10)27-15(33-2)9-26-18)20-28-19-14(37-20)8-13(17(25)16(19)24)35-4-5-36-22(32)29-21-30-23(34-3)38-31-21/h6-9H,4-5H2,1-3H3,(H,29,31,32). The smallest absolute Gasteiger partial charge is 0.414 e. The Morgan fingerprint density at radius 1 is 1.11 bits per heavy atom. The number of benzene rings is 2. The van der Waals surface area contributed by atoms with Gasteiger partial charge in [0.1, 0.15) is 28.8 Å². The first-order chi connectivity index (χ1) is 18.4. The summed E-state index contributed by atoms with van der Waals surface area (Å²) in [5.41, 5.74) is 3.26. The number of anilines is 1. The number of ether oxygens (including phenoxy) is 4. The maximum Gasteiger partial charge on any atom is 0.414 e. The van der Waals surface area contributed by atoms with Crippen molar-refractivity contribution in [2.24, 2.45) is 0 Å². The Morgan fingerprint density at radius 2 is 1.95 bits per heavy atom. The molecule has 0 radical (unpaired) electrons. The summed E-state index contributed by atoms with van der Waals surface area (Å²) in [5, 5.41) is 3.07. The number of hydrogen-bond acceptors (Lipinski definition) is 12. The first kappa shape index (κ1) is 25.8. The van der Waals surface area contributed by atoms with Gasteiger partial charge in [0.05, 0.1) is 36.1 Å². The van der Waals surface area contributed by atoms with E-state index in [1.807, 2.05) is 19.1 Å². The number of nitrogens with one attached hydrogen (secondary N) is 1. The molecule has 0 aliphatic heterocycles. The number of aryl methyl sites for hydroxylation is 1. The van der Waals surface area contributed by atoms with Gasteiger partial charge in [0.25, 0.3) is 5.19 Å². The van der Waals surface area contributed by atoms with E-state index in [4.69, 9.17) is 30.5 Å². The van der Waals surface area contributed by atoms with Gasteiger partial charge in [-0.3, -0.25) is 5.32 Å². The highest BCUT2D eigenvalue weighted by Crippen LogP contribution is 2.40. The molecule has 5 aromatic rings. The van der Waals surface area contributed by atoms with E-state index in [0.717, 1.165) is 22.7 Å². The number of aromatic nitrogens is 5. The van der Waals surface area contributed by atoms with Gasteiger partial charge in [-0.25, -0.2) is 24.1 Å². The molecule has 38 heavy (non-hydrogen) atoms. The molecule has 0 saturated heterocycles. The van der Waals surface area contributed by atoms with Gasteiger partial charge in [-0.2, -0.15) is 4.98 Å². The van der Waals surface area contributed by atoms with Crippen LogP contribution in [0.1, 0.15) is 5.56 Å². The van der Waals surface area contributed by atoms with Gasteiger partial charge in [0, 0.05) is 23.2 Å². The Kier molecular flexibility index (Phi) is 7.35. The maximum absolute atomic E-state index is 15.0. The molecular formula is C23H18ClFN6O5S2. The summed E-state index contributed by atoms with van der Waals surface area (Å²) in [6, 6.07) is 5.34. The van der Waals surface area contributed by atoms with Crippen molar-refractivity contribution in [1.82, 2.24) is 24.3 Å². The summed E-state index contributed by atoms with van der Waals surface area (Å²) in [4.78, 5) is 29.3. The van der Waals surface area contributed by atoms with Crippen LogP contribution < -0.4 is 19.5 Å². The summed E-state index contributed by atoms with van der Waals surface area (Å²) in [7, 11) is 2.96. The number of fused-ring (bicyclic) bond motifs is 2. The molecule has 11 nitrogen and oxygen atoms in total. The third kappa shape index (κ3) is 5.23. The van der Waals surface area contributed by atoms with Gasteiger partial charge < -0.3 is 18.9 Å². The van der Waals surface area contributed by atoms with Crippen molar-refractivity contribution in [3.63, 3.8) is 0 Å². The molecular weight excluding hydrogens is 559 g/mol. The fourth-order valence-corrected chi connectivity index (χ4v) is 5.23. The van der Waals surface area contributed by atoms with E-state index < -0.39 is 11.9 Å². The van der Waals surface area contributed by atoms with Crippen molar-refractivity contribution in [3.05, 3.63) is 40.8 Å². The molecule has 3 heterocycles. The average molecular weight is 577 g/mol. The van der Waals surface area contributed by atoms with Crippen LogP contribution in [0.15, 0.2) is 24.4 Å². The lowest BCUT2D eigenvalue weighted by Gasteiger charge is -2.09. The van der Waals surface area contributed by atoms with Crippen LogP contribution in [0, 0.1) is 12.7 Å². The predicted molar refractivity (Wildman–Crippen MR) is 141 cm³/mol. The lowest BCUT2D eigenvalue weighted by molar-refractivity contribution is 0.136. The number of rotatable bonds is 8. The summed E-state index contributed by atoms with van der Waals surface area (Å²) >= 11 is 8.60. The number of carbonyl (C=O) groups is 1. The Morgan fingerprint density at radius 3 is 2.71 bits per heavy atom. The molecule has 0 spiro atoms. The second kappa shape index (κ2) is 10.8. The van der Waals surface area contributed by atoms with Crippen LogP contribution in [0.3, 0.4) is 0 Å². The van der Waals surface area contributed by atoms with Crippen LogP contribution in [0.4, 0.5) is 15.1 Å². The topological polar surface area (TPSA) is 130 Å². The van der Waals surface area contributed by atoms with E-state index in [-0.39, 0.29) is 29.9 Å². The molecule has 5 rings (SSSR count). The number of hydrogen-bond donors (Lipinski definition) is 1. The lowest BCUT2D eigenvalue weighted by atomic mass is 10.1. The molecule has 0 atom stereocenters. The number of thiazole rings is 1. The van der Waals surface area contributed by atoms with Crippen LogP contribution in [-0.4, -0.2) is 57.8 Å². The lowest BCUT2D eigenvalue weighted by Crippen LogP contribution is -2.18. The van der Waals surface area contributed by atoms with Gasteiger partial charge in [0.15, 0.2) is 11.6 Å². The van der Waals surface area contributed by atoms with Crippen molar-refractivity contribution in [2.75, 3.05) is 32.8 Å². The van der Waals surface area contributed by atoms with Crippen LogP contribution >= 0.6 is 34.5 Å². The van der Waals surface area contributed by atoms with E-state index in [9.17, 15) is 9.18 Å². The van der Waals surface area contributed by atoms with Gasteiger partial charge >= 0.3 is 6.09 Å². The molecule has 3 aromatic heterocycles. The third-order valence-corrected chi connectivity index (χ3v) is 7.17.